The van der Waals surface area contributed by atoms with Crippen molar-refractivity contribution in [1.82, 2.24) is 9.97 Å². The predicted molar refractivity (Wildman–Crippen MR) is 81.5 cm³/mol. The van der Waals surface area contributed by atoms with Gasteiger partial charge in [0, 0.05) is 16.4 Å². The first-order chi connectivity index (χ1) is 8.30. The largest absolute Gasteiger partial charge is 0.231 e. The number of hydrogen-bond donors (Lipinski definition) is 0. The highest BCUT2D eigenvalue weighted by Crippen LogP contribution is 2.35. The minimum absolute atomic E-state index is 0.0793. The minimum Gasteiger partial charge on any atom is -0.231 e. The van der Waals surface area contributed by atoms with Crippen LogP contribution in [-0.4, -0.2) is 9.97 Å². The van der Waals surface area contributed by atoms with Crippen molar-refractivity contribution in [2.75, 3.05) is 0 Å². The molecule has 0 spiro atoms. The molecular weight excluding hydrogens is 332 g/mol. The Kier molecular flexibility index (Phi) is 3.81. The van der Waals surface area contributed by atoms with Crippen molar-refractivity contribution in [2.24, 2.45) is 0 Å². The van der Waals surface area contributed by atoms with Crippen LogP contribution in [0.15, 0.2) is 15.2 Å². The fourth-order valence-corrected chi connectivity index (χ4v) is 3.39. The second kappa shape index (κ2) is 4.91. The van der Waals surface area contributed by atoms with Gasteiger partial charge >= 0.3 is 0 Å². The van der Waals surface area contributed by atoms with Gasteiger partial charge in [-0.25, -0.2) is 9.97 Å². The molecule has 2 heterocycles. The first kappa shape index (κ1) is 14.0. The van der Waals surface area contributed by atoms with Crippen LogP contribution in [0.25, 0.3) is 11.4 Å². The van der Waals surface area contributed by atoms with Crippen LogP contribution >= 0.6 is 38.9 Å². The molecule has 0 aliphatic heterocycles. The van der Waals surface area contributed by atoms with Gasteiger partial charge in [0.05, 0.1) is 10.2 Å². The Morgan fingerprint density at radius 2 is 1.89 bits per heavy atom. The molecule has 0 aliphatic rings. The topological polar surface area (TPSA) is 25.8 Å². The molecule has 0 aliphatic carbocycles. The zero-order valence-electron chi connectivity index (χ0n) is 10.7. The highest BCUT2D eigenvalue weighted by molar-refractivity contribution is 9.10. The van der Waals surface area contributed by atoms with Gasteiger partial charge in [0.25, 0.3) is 0 Å². The lowest BCUT2D eigenvalue weighted by Crippen LogP contribution is -2.16. The van der Waals surface area contributed by atoms with Crippen LogP contribution in [0.1, 0.15) is 32.0 Å². The summed E-state index contributed by atoms with van der Waals surface area (Å²) in [6.07, 6.45) is 0. The van der Waals surface area contributed by atoms with Gasteiger partial charge in [0.15, 0.2) is 5.82 Å². The van der Waals surface area contributed by atoms with Crippen molar-refractivity contribution in [3.8, 4) is 11.4 Å². The molecule has 5 heteroatoms. The van der Waals surface area contributed by atoms with Crippen LogP contribution in [0.5, 0.6) is 0 Å². The maximum absolute atomic E-state index is 6.20. The summed E-state index contributed by atoms with van der Waals surface area (Å²) < 4.78 is 0.785. The molecule has 0 saturated heterocycles. The number of aromatic nitrogens is 2. The van der Waals surface area contributed by atoms with Gasteiger partial charge in [-0.05, 0) is 33.8 Å². The van der Waals surface area contributed by atoms with Gasteiger partial charge in [-0.3, -0.25) is 0 Å². The molecule has 0 amide bonds. The van der Waals surface area contributed by atoms with Crippen LogP contribution < -0.4 is 0 Å². The molecule has 0 aromatic carbocycles. The molecule has 2 aromatic rings. The van der Waals surface area contributed by atoms with E-state index in [0.717, 1.165) is 15.7 Å². The Balaban J connectivity index is 2.66. The third-order valence-corrected chi connectivity index (χ3v) is 4.73. The monoisotopic (exact) mass is 344 g/mol. The van der Waals surface area contributed by atoms with Gasteiger partial charge in [-0.15, -0.1) is 0 Å². The number of halogens is 2. The molecular formula is C13H14BrClN2S. The highest BCUT2D eigenvalue weighted by atomic mass is 79.9. The van der Waals surface area contributed by atoms with Gasteiger partial charge in [0.2, 0.25) is 0 Å². The molecule has 96 valence electrons. The van der Waals surface area contributed by atoms with Crippen LogP contribution in [0, 0.1) is 6.92 Å². The Hall–Kier alpha value is -0.450. The van der Waals surface area contributed by atoms with Crippen molar-refractivity contribution in [3.05, 3.63) is 31.6 Å². The van der Waals surface area contributed by atoms with Gasteiger partial charge in [-0.2, -0.15) is 11.3 Å². The van der Waals surface area contributed by atoms with Crippen LogP contribution in [-0.2, 0) is 5.41 Å². The molecule has 0 saturated carbocycles. The molecule has 0 radical (unpaired) electrons. The van der Waals surface area contributed by atoms with Crippen molar-refractivity contribution in [1.29, 1.82) is 0 Å². The van der Waals surface area contributed by atoms with E-state index in [1.54, 1.807) is 11.3 Å². The second-order valence-electron chi connectivity index (χ2n) is 5.22. The maximum Gasteiger partial charge on any atom is 0.162 e. The predicted octanol–water partition coefficient (Wildman–Crippen LogP) is 5.23. The van der Waals surface area contributed by atoms with E-state index in [-0.39, 0.29) is 5.41 Å². The van der Waals surface area contributed by atoms with Gasteiger partial charge in [0.1, 0.15) is 5.15 Å². The fraction of sp³-hybridized carbons (Fsp3) is 0.385. The summed E-state index contributed by atoms with van der Waals surface area (Å²) in [5, 5.41) is 4.61. The molecule has 18 heavy (non-hydrogen) atoms. The third kappa shape index (κ3) is 2.60. The van der Waals surface area contributed by atoms with Gasteiger partial charge in [-0.1, -0.05) is 32.4 Å². The molecule has 2 aromatic heterocycles. The Labute approximate surface area is 125 Å². The number of thiophene rings is 1. The molecule has 2 nitrogen and oxygen atoms in total. The lowest BCUT2D eigenvalue weighted by atomic mass is 9.92. The Morgan fingerprint density at radius 1 is 1.22 bits per heavy atom. The minimum atomic E-state index is -0.0793. The summed E-state index contributed by atoms with van der Waals surface area (Å²) in [6.45, 7) is 8.39. The van der Waals surface area contributed by atoms with Crippen molar-refractivity contribution >= 4 is 38.9 Å². The zero-order chi connectivity index (χ0) is 13.5. The van der Waals surface area contributed by atoms with Gasteiger partial charge < -0.3 is 0 Å². The summed E-state index contributed by atoms with van der Waals surface area (Å²) in [5.74, 6) is 0.701. The third-order valence-electron chi connectivity index (χ3n) is 2.62. The summed E-state index contributed by atoms with van der Waals surface area (Å²) in [6, 6.07) is 0. The first-order valence-electron chi connectivity index (χ1n) is 5.57. The molecule has 0 unspecified atom stereocenters. The van der Waals surface area contributed by atoms with Crippen LogP contribution in [0.3, 0.4) is 0 Å². The van der Waals surface area contributed by atoms with E-state index in [1.807, 2.05) is 0 Å². The molecule has 0 fully saturated rings. The van der Waals surface area contributed by atoms with Crippen molar-refractivity contribution in [3.63, 3.8) is 0 Å². The van der Waals surface area contributed by atoms with Crippen LogP contribution in [0.4, 0.5) is 0 Å². The SMILES string of the molecule is Cc1cscc1-c1nc(Cl)c(Br)c(C(C)(C)C)n1. The average molecular weight is 346 g/mol. The number of nitrogens with zero attached hydrogens (tertiary/aromatic N) is 2. The number of aryl methyl sites for hydroxylation is 1. The highest BCUT2D eigenvalue weighted by Gasteiger charge is 2.23. The lowest BCUT2D eigenvalue weighted by Gasteiger charge is -2.20. The summed E-state index contributed by atoms with van der Waals surface area (Å²) in [4.78, 5) is 9.04. The summed E-state index contributed by atoms with van der Waals surface area (Å²) >= 11 is 11.3. The Morgan fingerprint density at radius 3 is 2.39 bits per heavy atom. The summed E-state index contributed by atoms with van der Waals surface area (Å²) in [5.41, 5.74) is 3.09. The average Bonchev–Trinajstić information content (AvgIpc) is 2.66. The Bertz CT molecular complexity index is 587. The van der Waals surface area contributed by atoms with E-state index in [1.165, 1.54) is 5.56 Å². The number of hydrogen-bond acceptors (Lipinski definition) is 3. The quantitative estimate of drug-likeness (QED) is 0.662. The fourth-order valence-electron chi connectivity index (χ4n) is 1.63. The standard InChI is InChI=1S/C13H14BrClN2S/c1-7-5-18-6-8(7)12-16-10(13(2,3)4)9(14)11(15)17-12/h5-6H,1-4H3. The van der Waals surface area contributed by atoms with Crippen molar-refractivity contribution < 1.29 is 0 Å². The van der Waals surface area contributed by atoms with Crippen molar-refractivity contribution in [2.45, 2.75) is 33.1 Å². The van der Waals surface area contributed by atoms with E-state index in [0.29, 0.717) is 11.0 Å². The molecule has 2 rings (SSSR count). The smallest absolute Gasteiger partial charge is 0.162 e. The van der Waals surface area contributed by atoms with E-state index in [2.05, 4.69) is 64.4 Å². The molecule has 0 N–H and O–H groups in total. The first-order valence-corrected chi connectivity index (χ1v) is 7.68. The second-order valence-corrected chi connectivity index (χ2v) is 7.11. The van der Waals surface area contributed by atoms with E-state index in [9.17, 15) is 0 Å². The van der Waals surface area contributed by atoms with Crippen LogP contribution in [0.2, 0.25) is 5.15 Å². The van der Waals surface area contributed by atoms with E-state index >= 15 is 0 Å². The number of rotatable bonds is 1. The van der Waals surface area contributed by atoms with E-state index < -0.39 is 0 Å². The van der Waals surface area contributed by atoms with E-state index in [4.69, 9.17) is 11.6 Å². The lowest BCUT2D eigenvalue weighted by molar-refractivity contribution is 0.564. The maximum atomic E-state index is 6.20. The molecule has 0 bridgehead atoms. The zero-order valence-corrected chi connectivity index (χ0v) is 13.9. The summed E-state index contributed by atoms with van der Waals surface area (Å²) in [7, 11) is 0. The normalized spacial score (nSPS) is 11.9. The molecule has 0 atom stereocenters.